The Morgan fingerprint density at radius 2 is 1.90 bits per heavy atom. The first-order valence-corrected chi connectivity index (χ1v) is 10.0. The van der Waals surface area contributed by atoms with Crippen molar-refractivity contribution < 1.29 is 19.2 Å². The maximum atomic E-state index is 12.8. The van der Waals surface area contributed by atoms with Gasteiger partial charge in [0.25, 0.3) is 11.8 Å². The SMILES string of the molecule is CC1(C)CN[C@H](CNCc2ccc3c(c2)C(=O)N(C2CCC(=O)NC2=O)C3=O)C1. The molecule has 1 unspecified atom stereocenters. The molecule has 4 amide bonds. The van der Waals surface area contributed by atoms with Crippen LogP contribution in [0.4, 0.5) is 0 Å². The monoisotopic (exact) mass is 398 g/mol. The Bertz CT molecular complexity index is 895. The molecule has 8 heteroatoms. The molecule has 2 fully saturated rings. The van der Waals surface area contributed by atoms with Gasteiger partial charge in [-0.05, 0) is 36.0 Å². The standard InChI is InChI=1S/C21H26N4O4/c1-21(2)8-13(23-11-21)10-22-9-12-3-4-14-15(7-12)20(29)25(19(14)28)16-5-6-17(26)24-18(16)27/h3-4,7,13,16,22-23H,5-6,8-11H2,1-2H3,(H,24,26,27)/t13-,16?/m0/s1. The molecule has 0 aliphatic carbocycles. The summed E-state index contributed by atoms with van der Waals surface area (Å²) < 4.78 is 0. The van der Waals surface area contributed by atoms with Crippen molar-refractivity contribution >= 4 is 23.6 Å². The topological polar surface area (TPSA) is 108 Å². The molecule has 1 aromatic rings. The smallest absolute Gasteiger partial charge is 0.262 e. The number of carbonyl (C=O) groups is 4. The van der Waals surface area contributed by atoms with E-state index in [1.807, 2.05) is 6.07 Å². The van der Waals surface area contributed by atoms with Gasteiger partial charge in [0.15, 0.2) is 0 Å². The van der Waals surface area contributed by atoms with E-state index in [1.54, 1.807) is 12.1 Å². The van der Waals surface area contributed by atoms with E-state index in [0.29, 0.717) is 29.1 Å². The molecule has 3 aliphatic rings. The average Bonchev–Trinajstić information content (AvgIpc) is 3.13. The fourth-order valence-corrected chi connectivity index (χ4v) is 4.40. The van der Waals surface area contributed by atoms with E-state index in [1.165, 1.54) is 0 Å². The summed E-state index contributed by atoms with van der Waals surface area (Å²) in [6.45, 7) is 6.92. The van der Waals surface area contributed by atoms with Gasteiger partial charge in [0.05, 0.1) is 11.1 Å². The van der Waals surface area contributed by atoms with E-state index >= 15 is 0 Å². The van der Waals surface area contributed by atoms with E-state index in [2.05, 4.69) is 29.8 Å². The lowest BCUT2D eigenvalue weighted by Crippen LogP contribution is -2.54. The van der Waals surface area contributed by atoms with Crippen LogP contribution in [0.1, 0.15) is 59.4 Å². The number of nitrogens with zero attached hydrogens (tertiary/aromatic N) is 1. The number of benzene rings is 1. The van der Waals surface area contributed by atoms with Gasteiger partial charge in [0.2, 0.25) is 11.8 Å². The Kier molecular flexibility index (Phi) is 5.00. The zero-order valence-electron chi connectivity index (χ0n) is 16.7. The second-order valence-corrected chi connectivity index (χ2v) is 8.90. The first-order valence-electron chi connectivity index (χ1n) is 10.0. The summed E-state index contributed by atoms with van der Waals surface area (Å²) in [6.07, 6.45) is 1.39. The lowest BCUT2D eigenvalue weighted by atomic mass is 9.91. The molecular weight excluding hydrogens is 372 g/mol. The average molecular weight is 398 g/mol. The lowest BCUT2D eigenvalue weighted by molar-refractivity contribution is -0.136. The highest BCUT2D eigenvalue weighted by molar-refractivity contribution is 6.23. The van der Waals surface area contributed by atoms with Crippen LogP contribution in [0.2, 0.25) is 0 Å². The van der Waals surface area contributed by atoms with Crippen LogP contribution in [0.25, 0.3) is 0 Å². The summed E-state index contributed by atoms with van der Waals surface area (Å²) in [6, 6.07) is 4.69. The van der Waals surface area contributed by atoms with Crippen molar-refractivity contribution in [2.24, 2.45) is 5.41 Å². The molecule has 2 saturated heterocycles. The number of imide groups is 2. The number of piperidine rings is 1. The minimum Gasteiger partial charge on any atom is -0.312 e. The quantitative estimate of drug-likeness (QED) is 0.626. The molecule has 0 radical (unpaired) electrons. The molecule has 0 bridgehead atoms. The van der Waals surface area contributed by atoms with Crippen LogP contribution in [0.3, 0.4) is 0 Å². The van der Waals surface area contributed by atoms with Gasteiger partial charge in [-0.1, -0.05) is 19.9 Å². The highest BCUT2D eigenvalue weighted by Gasteiger charge is 2.44. The molecule has 0 saturated carbocycles. The first-order chi connectivity index (χ1) is 13.7. The summed E-state index contributed by atoms with van der Waals surface area (Å²) in [5.41, 5.74) is 1.85. The second-order valence-electron chi connectivity index (χ2n) is 8.90. The van der Waals surface area contributed by atoms with Gasteiger partial charge in [0, 0.05) is 32.1 Å². The molecule has 0 spiro atoms. The summed E-state index contributed by atoms with van der Waals surface area (Å²) in [5.74, 6) is -1.92. The lowest BCUT2D eigenvalue weighted by Gasteiger charge is -2.27. The van der Waals surface area contributed by atoms with Crippen LogP contribution in [0, 0.1) is 5.41 Å². The number of amides is 4. The van der Waals surface area contributed by atoms with Gasteiger partial charge in [-0.3, -0.25) is 29.4 Å². The zero-order chi connectivity index (χ0) is 20.8. The Labute approximate surface area is 169 Å². The number of rotatable bonds is 5. The first kappa shape index (κ1) is 19.7. The molecule has 3 heterocycles. The number of carbonyl (C=O) groups excluding carboxylic acids is 4. The largest absolute Gasteiger partial charge is 0.312 e. The van der Waals surface area contributed by atoms with Crippen LogP contribution >= 0.6 is 0 Å². The third-order valence-electron chi connectivity index (χ3n) is 5.89. The molecule has 1 aromatic carbocycles. The van der Waals surface area contributed by atoms with Gasteiger partial charge in [-0.15, -0.1) is 0 Å². The minimum atomic E-state index is -0.932. The van der Waals surface area contributed by atoms with Crippen molar-refractivity contribution in [3.63, 3.8) is 0 Å². The molecule has 0 aromatic heterocycles. The maximum Gasteiger partial charge on any atom is 0.262 e. The predicted molar refractivity (Wildman–Crippen MR) is 105 cm³/mol. The van der Waals surface area contributed by atoms with Crippen molar-refractivity contribution in [2.75, 3.05) is 13.1 Å². The van der Waals surface area contributed by atoms with Crippen molar-refractivity contribution in [2.45, 2.75) is 51.7 Å². The highest BCUT2D eigenvalue weighted by Crippen LogP contribution is 2.29. The van der Waals surface area contributed by atoms with Gasteiger partial charge in [-0.2, -0.15) is 0 Å². The van der Waals surface area contributed by atoms with Gasteiger partial charge in [0.1, 0.15) is 6.04 Å². The summed E-state index contributed by atoms with van der Waals surface area (Å²) in [5, 5.41) is 9.12. The zero-order valence-corrected chi connectivity index (χ0v) is 16.7. The number of nitrogens with one attached hydrogen (secondary N) is 3. The highest BCUT2D eigenvalue weighted by atomic mass is 16.2. The van der Waals surface area contributed by atoms with Crippen molar-refractivity contribution in [1.29, 1.82) is 0 Å². The summed E-state index contributed by atoms with van der Waals surface area (Å²) in [4.78, 5) is 50.0. The molecule has 154 valence electrons. The van der Waals surface area contributed by atoms with Crippen molar-refractivity contribution in [1.82, 2.24) is 20.9 Å². The van der Waals surface area contributed by atoms with Crippen LogP contribution in [0.5, 0.6) is 0 Å². The van der Waals surface area contributed by atoms with Crippen LogP contribution in [-0.4, -0.2) is 53.7 Å². The fraction of sp³-hybridized carbons (Fsp3) is 0.524. The summed E-state index contributed by atoms with van der Waals surface area (Å²) >= 11 is 0. The van der Waals surface area contributed by atoms with E-state index in [9.17, 15) is 19.2 Å². The fourth-order valence-electron chi connectivity index (χ4n) is 4.40. The van der Waals surface area contributed by atoms with Crippen LogP contribution in [-0.2, 0) is 16.1 Å². The van der Waals surface area contributed by atoms with E-state index in [0.717, 1.165) is 30.0 Å². The number of fused-ring (bicyclic) bond motifs is 1. The molecule has 3 aliphatic heterocycles. The second kappa shape index (κ2) is 7.35. The Morgan fingerprint density at radius 3 is 2.59 bits per heavy atom. The third-order valence-corrected chi connectivity index (χ3v) is 5.89. The molecule has 29 heavy (non-hydrogen) atoms. The number of hydrogen-bond acceptors (Lipinski definition) is 6. The molecular formula is C21H26N4O4. The van der Waals surface area contributed by atoms with Gasteiger partial charge in [-0.25, -0.2) is 0 Å². The van der Waals surface area contributed by atoms with Crippen molar-refractivity contribution in [3.05, 3.63) is 34.9 Å². The Hall–Kier alpha value is -2.58. The third kappa shape index (κ3) is 3.82. The van der Waals surface area contributed by atoms with E-state index in [4.69, 9.17) is 0 Å². The van der Waals surface area contributed by atoms with E-state index in [-0.39, 0.29) is 18.7 Å². The Balaban J connectivity index is 1.42. The predicted octanol–water partition coefficient (Wildman–Crippen LogP) is 0.566. The molecule has 3 N–H and O–H groups in total. The van der Waals surface area contributed by atoms with Crippen LogP contribution < -0.4 is 16.0 Å². The Morgan fingerprint density at radius 1 is 1.14 bits per heavy atom. The minimum absolute atomic E-state index is 0.116. The van der Waals surface area contributed by atoms with Gasteiger partial charge >= 0.3 is 0 Å². The molecule has 2 atom stereocenters. The van der Waals surface area contributed by atoms with Gasteiger partial charge < -0.3 is 10.6 Å². The number of hydrogen-bond donors (Lipinski definition) is 3. The summed E-state index contributed by atoms with van der Waals surface area (Å²) in [7, 11) is 0. The van der Waals surface area contributed by atoms with Crippen LogP contribution in [0.15, 0.2) is 18.2 Å². The van der Waals surface area contributed by atoms with E-state index < -0.39 is 23.8 Å². The molecule has 4 rings (SSSR count). The molecule has 8 nitrogen and oxygen atoms in total. The maximum absolute atomic E-state index is 12.8. The van der Waals surface area contributed by atoms with Crippen molar-refractivity contribution in [3.8, 4) is 0 Å². The normalized spacial score (nSPS) is 26.1.